The number of hydrogen-bond donors (Lipinski definition) is 1. The highest BCUT2D eigenvalue weighted by molar-refractivity contribution is 5.92. The van der Waals surface area contributed by atoms with Gasteiger partial charge < -0.3 is 10.2 Å². The van der Waals surface area contributed by atoms with Gasteiger partial charge in [-0.15, -0.1) is 0 Å². The highest BCUT2D eigenvalue weighted by atomic mass is 19.4. The fourth-order valence-electron chi connectivity index (χ4n) is 3.49. The Bertz CT molecular complexity index is 916. The quantitative estimate of drug-likeness (QED) is 0.653. The molecule has 0 bridgehead atoms. The average Bonchev–Trinajstić information content (AvgIpc) is 2.59. The number of benzene rings is 2. The number of rotatable bonds is 3. The van der Waals surface area contributed by atoms with E-state index in [-0.39, 0.29) is 23.3 Å². The molecular weight excluding hydrogens is 384 g/mol. The zero-order valence-corrected chi connectivity index (χ0v) is 16.7. The summed E-state index contributed by atoms with van der Waals surface area (Å²) in [5.41, 5.74) is 0.749. The minimum atomic E-state index is -4.60. The van der Waals surface area contributed by atoms with Crippen molar-refractivity contribution < 1.29 is 22.4 Å². The first kappa shape index (κ1) is 21.1. The Hall–Kier alpha value is -2.57. The number of nitrogens with one attached hydrogen (secondary N) is 1. The highest BCUT2D eigenvalue weighted by Crippen LogP contribution is 2.38. The normalized spacial score (nSPS) is 14.5. The fraction of sp³-hybridized carbons (Fsp3) is 0.409. The Kier molecular flexibility index (Phi) is 5.61. The van der Waals surface area contributed by atoms with Gasteiger partial charge in [-0.25, -0.2) is 4.39 Å². The van der Waals surface area contributed by atoms with Crippen molar-refractivity contribution in [3.8, 4) is 0 Å². The molecule has 0 atom stereocenters. The van der Waals surface area contributed by atoms with Crippen molar-refractivity contribution in [2.75, 3.05) is 16.8 Å². The number of hydrogen-bond acceptors (Lipinski definition) is 2. The lowest BCUT2D eigenvalue weighted by Gasteiger charge is -2.31. The number of carbonyl (C=O) groups excluding carboxylic acids is 1. The van der Waals surface area contributed by atoms with Crippen LogP contribution in [0.25, 0.3) is 0 Å². The summed E-state index contributed by atoms with van der Waals surface area (Å²) < 4.78 is 54.3. The minimum absolute atomic E-state index is 0.117. The van der Waals surface area contributed by atoms with Crippen molar-refractivity contribution in [2.24, 2.45) is 5.41 Å². The first-order valence-electron chi connectivity index (χ1n) is 9.46. The van der Waals surface area contributed by atoms with Gasteiger partial charge in [-0.05, 0) is 53.3 Å². The maximum atomic E-state index is 13.7. The Morgan fingerprint density at radius 2 is 1.79 bits per heavy atom. The molecule has 7 heteroatoms. The third-order valence-corrected chi connectivity index (χ3v) is 4.82. The van der Waals surface area contributed by atoms with Crippen LogP contribution in [-0.4, -0.2) is 12.5 Å². The predicted octanol–water partition coefficient (Wildman–Crippen LogP) is 5.78. The lowest BCUT2D eigenvalue weighted by Crippen LogP contribution is -2.30. The van der Waals surface area contributed by atoms with Crippen LogP contribution in [0.2, 0.25) is 0 Å². The van der Waals surface area contributed by atoms with Crippen molar-refractivity contribution in [1.82, 2.24) is 0 Å². The van der Waals surface area contributed by atoms with Crippen molar-refractivity contribution in [3.05, 3.63) is 58.9 Å². The molecule has 1 N–H and O–H groups in total. The van der Waals surface area contributed by atoms with Crippen molar-refractivity contribution in [1.29, 1.82) is 0 Å². The van der Waals surface area contributed by atoms with Gasteiger partial charge >= 0.3 is 6.18 Å². The van der Waals surface area contributed by atoms with Crippen molar-refractivity contribution >= 4 is 17.3 Å². The van der Waals surface area contributed by atoms with E-state index in [9.17, 15) is 22.4 Å². The molecule has 0 fully saturated rings. The molecule has 0 unspecified atom stereocenters. The Morgan fingerprint density at radius 3 is 2.45 bits per heavy atom. The molecule has 0 radical (unpaired) electrons. The van der Waals surface area contributed by atoms with Gasteiger partial charge in [0.25, 0.3) is 0 Å². The predicted molar refractivity (Wildman–Crippen MR) is 105 cm³/mol. The third kappa shape index (κ3) is 5.28. The summed E-state index contributed by atoms with van der Waals surface area (Å²) in [4.78, 5) is 14.0. The summed E-state index contributed by atoms with van der Waals surface area (Å²) in [5.74, 6) is -0.767. The van der Waals surface area contributed by atoms with E-state index < -0.39 is 17.6 Å². The van der Waals surface area contributed by atoms with E-state index in [1.807, 2.05) is 25.7 Å². The van der Waals surface area contributed by atoms with Gasteiger partial charge in [-0.3, -0.25) is 4.79 Å². The van der Waals surface area contributed by atoms with Crippen LogP contribution in [0.5, 0.6) is 0 Å². The molecule has 1 heterocycles. The van der Waals surface area contributed by atoms with Crippen LogP contribution >= 0.6 is 0 Å². The first-order chi connectivity index (χ1) is 13.4. The van der Waals surface area contributed by atoms with Gasteiger partial charge in [0.15, 0.2) is 0 Å². The fourth-order valence-corrected chi connectivity index (χ4v) is 3.49. The van der Waals surface area contributed by atoms with Crippen LogP contribution in [0.15, 0.2) is 36.4 Å². The number of halogens is 4. The molecule has 3 rings (SSSR count). The van der Waals surface area contributed by atoms with Gasteiger partial charge in [0.05, 0.1) is 11.3 Å². The van der Waals surface area contributed by atoms with Crippen LogP contribution in [0, 0.1) is 11.2 Å². The standard InChI is InChI=1S/C22H24F4N2O/c1-21(2,3)12-20(29)27-19-7-6-17(11-18(19)22(24,25)26)28-9-8-14-10-16(23)5-4-15(14)13-28/h4-7,10-11H,8-9,12-13H2,1-3H3,(H,27,29). The summed E-state index contributed by atoms with van der Waals surface area (Å²) in [6.07, 6.45) is -3.93. The van der Waals surface area contributed by atoms with Gasteiger partial charge in [0, 0.05) is 25.2 Å². The van der Waals surface area contributed by atoms with E-state index in [1.54, 1.807) is 12.1 Å². The molecule has 29 heavy (non-hydrogen) atoms. The number of carbonyl (C=O) groups is 1. The lowest BCUT2D eigenvalue weighted by molar-refractivity contribution is -0.136. The van der Waals surface area contributed by atoms with E-state index in [0.717, 1.165) is 17.2 Å². The summed E-state index contributed by atoms with van der Waals surface area (Å²) in [6.45, 7) is 6.44. The van der Waals surface area contributed by atoms with Gasteiger partial charge in [-0.1, -0.05) is 26.8 Å². The van der Waals surface area contributed by atoms with Crippen LogP contribution in [-0.2, 0) is 23.9 Å². The number of nitrogens with zero attached hydrogens (tertiary/aromatic N) is 1. The largest absolute Gasteiger partial charge is 0.418 e. The van der Waals surface area contributed by atoms with Crippen molar-refractivity contribution in [3.63, 3.8) is 0 Å². The van der Waals surface area contributed by atoms with E-state index in [1.165, 1.54) is 18.2 Å². The molecule has 2 aromatic carbocycles. The average molecular weight is 408 g/mol. The van der Waals surface area contributed by atoms with Crippen LogP contribution < -0.4 is 10.2 Å². The SMILES string of the molecule is CC(C)(C)CC(=O)Nc1ccc(N2CCc3cc(F)ccc3C2)cc1C(F)(F)F. The third-order valence-electron chi connectivity index (χ3n) is 4.82. The molecule has 0 spiro atoms. The molecule has 1 amide bonds. The molecule has 2 aromatic rings. The van der Waals surface area contributed by atoms with E-state index >= 15 is 0 Å². The van der Waals surface area contributed by atoms with Crippen LogP contribution in [0.4, 0.5) is 28.9 Å². The maximum Gasteiger partial charge on any atom is 0.418 e. The second-order valence-corrected chi connectivity index (χ2v) is 8.60. The molecule has 3 nitrogen and oxygen atoms in total. The summed E-state index contributed by atoms with van der Waals surface area (Å²) in [5, 5.41) is 2.41. The highest BCUT2D eigenvalue weighted by Gasteiger charge is 2.35. The number of anilines is 2. The summed E-state index contributed by atoms with van der Waals surface area (Å²) >= 11 is 0. The monoisotopic (exact) mass is 408 g/mol. The molecule has 0 saturated heterocycles. The van der Waals surface area contributed by atoms with Gasteiger partial charge in [-0.2, -0.15) is 13.2 Å². The molecule has 156 valence electrons. The van der Waals surface area contributed by atoms with E-state index in [2.05, 4.69) is 5.32 Å². The number of amides is 1. The number of fused-ring (bicyclic) bond motifs is 1. The second kappa shape index (κ2) is 7.69. The van der Waals surface area contributed by atoms with E-state index in [4.69, 9.17) is 0 Å². The van der Waals surface area contributed by atoms with Crippen LogP contribution in [0.3, 0.4) is 0 Å². The smallest absolute Gasteiger partial charge is 0.367 e. The molecule has 1 aliphatic rings. The molecule has 1 aliphatic heterocycles. The minimum Gasteiger partial charge on any atom is -0.367 e. The van der Waals surface area contributed by atoms with Crippen molar-refractivity contribution in [2.45, 2.75) is 46.3 Å². The van der Waals surface area contributed by atoms with Gasteiger partial charge in [0.2, 0.25) is 5.91 Å². The summed E-state index contributed by atoms with van der Waals surface area (Å²) in [7, 11) is 0. The molecule has 0 saturated carbocycles. The van der Waals surface area contributed by atoms with E-state index in [0.29, 0.717) is 25.2 Å². The van der Waals surface area contributed by atoms with Gasteiger partial charge in [0.1, 0.15) is 5.82 Å². The number of alkyl halides is 3. The van der Waals surface area contributed by atoms with Crippen LogP contribution in [0.1, 0.15) is 43.9 Å². The summed E-state index contributed by atoms with van der Waals surface area (Å²) in [6, 6.07) is 8.46. The topological polar surface area (TPSA) is 32.3 Å². The lowest BCUT2D eigenvalue weighted by atomic mass is 9.92. The first-order valence-corrected chi connectivity index (χ1v) is 9.46. The maximum absolute atomic E-state index is 13.7. The molecule has 0 aromatic heterocycles. The zero-order valence-electron chi connectivity index (χ0n) is 16.7. The Labute approximate surface area is 167 Å². The molecule has 0 aliphatic carbocycles. The Morgan fingerprint density at radius 1 is 1.07 bits per heavy atom. The molecular formula is C22H24F4N2O. The Balaban J connectivity index is 1.86. The zero-order chi connectivity index (χ0) is 21.4. The second-order valence-electron chi connectivity index (χ2n) is 8.60.